The van der Waals surface area contributed by atoms with E-state index in [1.165, 1.54) is 5.56 Å². The molecule has 1 aliphatic carbocycles. The second kappa shape index (κ2) is 10.0. The first-order valence-electron chi connectivity index (χ1n) is 12.9. The third-order valence-corrected chi connectivity index (χ3v) is 8.42. The summed E-state index contributed by atoms with van der Waals surface area (Å²) in [6, 6.07) is 6.39. The molecule has 182 valence electrons. The molecule has 6 heteroatoms. The molecule has 2 fully saturated rings. The number of piperidine rings is 1. The smallest absolute Gasteiger partial charge is 0.229 e. The Labute approximate surface area is 198 Å². The van der Waals surface area contributed by atoms with Gasteiger partial charge in [0.05, 0.1) is 27.2 Å². The van der Waals surface area contributed by atoms with Crippen molar-refractivity contribution < 1.29 is 23.5 Å². The van der Waals surface area contributed by atoms with E-state index >= 15 is 0 Å². The highest BCUT2D eigenvalue weighted by Crippen LogP contribution is 2.47. The van der Waals surface area contributed by atoms with E-state index in [0.717, 1.165) is 80.4 Å². The number of imide groups is 1. The number of unbranched alkanes of at least 4 members (excludes halogenated alkanes) is 1. The van der Waals surface area contributed by atoms with E-state index in [4.69, 9.17) is 9.47 Å². The van der Waals surface area contributed by atoms with Crippen molar-refractivity contribution in [1.82, 2.24) is 4.90 Å². The lowest BCUT2D eigenvalue weighted by atomic mass is 9.76. The van der Waals surface area contributed by atoms with Crippen molar-refractivity contribution in [3.8, 4) is 11.5 Å². The molecule has 0 radical (unpaired) electrons. The minimum absolute atomic E-state index is 0.0143. The highest BCUT2D eigenvalue weighted by atomic mass is 16.5. The summed E-state index contributed by atoms with van der Waals surface area (Å²) in [7, 11) is 4.05. The monoisotopic (exact) mass is 457 g/mol. The van der Waals surface area contributed by atoms with E-state index in [0.29, 0.717) is 32.0 Å². The van der Waals surface area contributed by atoms with Crippen LogP contribution in [0, 0.1) is 5.41 Å². The van der Waals surface area contributed by atoms with Crippen LogP contribution in [0.25, 0.3) is 0 Å². The van der Waals surface area contributed by atoms with Crippen LogP contribution in [-0.4, -0.2) is 67.6 Å². The van der Waals surface area contributed by atoms with Crippen LogP contribution in [-0.2, 0) is 16.0 Å². The van der Waals surface area contributed by atoms with Crippen LogP contribution in [0.15, 0.2) is 18.2 Å². The number of nitrogens with zero attached hydrogens (tertiary/aromatic N) is 2. The number of ether oxygens (including phenoxy) is 2. The maximum atomic E-state index is 12.8. The van der Waals surface area contributed by atoms with E-state index in [1.807, 2.05) is 18.2 Å². The number of carbonyl (C=O) groups excluding carboxylic acids is 2. The third kappa shape index (κ3) is 5.06. The number of carbonyl (C=O) groups is 2. The van der Waals surface area contributed by atoms with E-state index in [-0.39, 0.29) is 17.2 Å². The van der Waals surface area contributed by atoms with Crippen LogP contribution >= 0.6 is 0 Å². The van der Waals surface area contributed by atoms with Gasteiger partial charge in [-0.2, -0.15) is 0 Å². The van der Waals surface area contributed by atoms with Gasteiger partial charge in [0, 0.05) is 31.4 Å². The molecule has 0 N–H and O–H groups in total. The lowest BCUT2D eigenvalue weighted by Gasteiger charge is -2.44. The molecule has 1 spiro atoms. The van der Waals surface area contributed by atoms with Gasteiger partial charge < -0.3 is 14.0 Å². The third-order valence-electron chi connectivity index (χ3n) is 8.42. The maximum absolute atomic E-state index is 12.8. The van der Waals surface area contributed by atoms with E-state index < -0.39 is 0 Å². The second-order valence-corrected chi connectivity index (χ2v) is 10.7. The number of hydrogen-bond donors (Lipinski definition) is 0. The van der Waals surface area contributed by atoms with E-state index in [9.17, 15) is 9.59 Å². The number of amides is 2. The average molecular weight is 458 g/mol. The van der Waals surface area contributed by atoms with Gasteiger partial charge in [-0.15, -0.1) is 0 Å². The van der Waals surface area contributed by atoms with Gasteiger partial charge in [-0.05, 0) is 49.7 Å². The molecule has 0 aromatic heterocycles. The number of likely N-dealkylation sites (N-methyl/N-ethyl adjacent to an activating group) is 1. The summed E-state index contributed by atoms with van der Waals surface area (Å²) >= 11 is 0. The molecule has 4 rings (SSSR count). The van der Waals surface area contributed by atoms with Gasteiger partial charge in [0.15, 0.2) is 0 Å². The van der Waals surface area contributed by atoms with Crippen LogP contribution in [0.5, 0.6) is 11.5 Å². The summed E-state index contributed by atoms with van der Waals surface area (Å²) in [4.78, 5) is 27.1. The van der Waals surface area contributed by atoms with Gasteiger partial charge in [-0.25, -0.2) is 0 Å². The Hall–Kier alpha value is -2.08. The summed E-state index contributed by atoms with van der Waals surface area (Å²) < 4.78 is 12.7. The molecule has 2 unspecified atom stereocenters. The fourth-order valence-electron chi connectivity index (χ4n) is 6.45. The molecule has 2 aliphatic heterocycles. The second-order valence-electron chi connectivity index (χ2n) is 10.7. The Morgan fingerprint density at radius 3 is 2.52 bits per heavy atom. The predicted octanol–water partition coefficient (Wildman–Crippen LogP) is 4.34. The lowest BCUT2D eigenvalue weighted by molar-refractivity contribution is -0.934. The Morgan fingerprint density at radius 1 is 1.12 bits per heavy atom. The van der Waals surface area contributed by atoms with Crippen molar-refractivity contribution in [3.63, 3.8) is 0 Å². The van der Waals surface area contributed by atoms with E-state index in [2.05, 4.69) is 14.0 Å². The zero-order valence-electron chi connectivity index (χ0n) is 20.7. The maximum Gasteiger partial charge on any atom is 0.229 e. The number of rotatable bonds is 9. The standard InChI is InChI=1S/C27H41N2O4/c1-4-15-29(2,21-17-22-23(32-3)10-9-11-24(22)33-20-21)16-8-7-14-28-25(30)18-27(19-26(28)31)12-5-6-13-27/h9-11,21H,4-8,12-20H2,1-3H3/q+1. The van der Waals surface area contributed by atoms with Crippen molar-refractivity contribution in [3.05, 3.63) is 23.8 Å². The number of benzene rings is 1. The Morgan fingerprint density at radius 2 is 1.85 bits per heavy atom. The SMILES string of the molecule is CCC[N+](C)(CCCCN1C(=O)CC2(CCCC2)CC1=O)C1COc2cccc(OC)c2C1. The van der Waals surface area contributed by atoms with Gasteiger partial charge in [-0.3, -0.25) is 14.5 Å². The van der Waals surface area contributed by atoms with Crippen LogP contribution < -0.4 is 9.47 Å². The number of quaternary nitrogens is 1. The zero-order chi connectivity index (χ0) is 23.5. The summed E-state index contributed by atoms with van der Waals surface area (Å²) in [5, 5.41) is 0. The van der Waals surface area contributed by atoms with Gasteiger partial charge >= 0.3 is 0 Å². The summed E-state index contributed by atoms with van der Waals surface area (Å²) in [5.74, 6) is 1.96. The van der Waals surface area contributed by atoms with Crippen LogP contribution in [0.3, 0.4) is 0 Å². The molecule has 2 heterocycles. The number of methoxy groups -OCH3 is 1. The molecule has 33 heavy (non-hydrogen) atoms. The van der Waals surface area contributed by atoms with Gasteiger partial charge in [-0.1, -0.05) is 25.8 Å². The first kappa shape index (κ1) is 24.1. The predicted molar refractivity (Wildman–Crippen MR) is 128 cm³/mol. The molecule has 1 saturated carbocycles. The van der Waals surface area contributed by atoms with Crippen molar-refractivity contribution in [1.29, 1.82) is 0 Å². The molecule has 1 aromatic carbocycles. The van der Waals surface area contributed by atoms with Crippen LogP contribution in [0.1, 0.15) is 70.3 Å². The van der Waals surface area contributed by atoms with Gasteiger partial charge in [0.1, 0.15) is 24.1 Å². The average Bonchev–Trinajstić information content (AvgIpc) is 3.24. The normalized spacial score (nSPS) is 23.8. The van der Waals surface area contributed by atoms with Gasteiger partial charge in [0.2, 0.25) is 11.8 Å². The van der Waals surface area contributed by atoms with Crippen molar-refractivity contribution in [2.75, 3.05) is 40.4 Å². The van der Waals surface area contributed by atoms with Crippen LogP contribution in [0.4, 0.5) is 0 Å². The summed E-state index contributed by atoms with van der Waals surface area (Å²) in [6.45, 7) is 5.62. The molecule has 2 amide bonds. The highest BCUT2D eigenvalue weighted by Gasteiger charge is 2.45. The van der Waals surface area contributed by atoms with Crippen molar-refractivity contribution in [2.45, 2.75) is 77.2 Å². The minimum atomic E-state index is -0.0143. The molecular weight excluding hydrogens is 416 g/mol. The zero-order valence-corrected chi connectivity index (χ0v) is 20.7. The van der Waals surface area contributed by atoms with Crippen LogP contribution in [0.2, 0.25) is 0 Å². The lowest BCUT2D eigenvalue weighted by Crippen LogP contribution is -2.57. The number of fused-ring (bicyclic) bond motifs is 1. The molecule has 6 nitrogen and oxygen atoms in total. The molecule has 2 atom stereocenters. The quantitative estimate of drug-likeness (QED) is 0.314. The Balaban J connectivity index is 1.33. The molecular formula is C27H41N2O4+. The Bertz CT molecular complexity index is 829. The minimum Gasteiger partial charge on any atom is -0.496 e. The molecule has 0 bridgehead atoms. The summed E-state index contributed by atoms with van der Waals surface area (Å²) in [5.41, 5.74) is 1.15. The summed E-state index contributed by atoms with van der Waals surface area (Å²) in [6.07, 6.45) is 9.48. The highest BCUT2D eigenvalue weighted by molar-refractivity contribution is 5.98. The number of likely N-dealkylation sites (tertiary alicyclic amines) is 1. The first-order chi connectivity index (χ1) is 15.9. The molecule has 3 aliphatic rings. The Kier molecular flexibility index (Phi) is 7.32. The molecule has 1 aromatic rings. The number of hydrogen-bond acceptors (Lipinski definition) is 4. The topological polar surface area (TPSA) is 55.8 Å². The fraction of sp³-hybridized carbons (Fsp3) is 0.704. The van der Waals surface area contributed by atoms with Crippen molar-refractivity contribution in [2.24, 2.45) is 5.41 Å². The molecule has 1 saturated heterocycles. The van der Waals surface area contributed by atoms with E-state index in [1.54, 1.807) is 12.0 Å². The van der Waals surface area contributed by atoms with Crippen molar-refractivity contribution >= 4 is 11.8 Å². The largest absolute Gasteiger partial charge is 0.496 e. The first-order valence-corrected chi connectivity index (χ1v) is 12.9. The fourth-order valence-corrected chi connectivity index (χ4v) is 6.45. The van der Waals surface area contributed by atoms with Gasteiger partial charge in [0.25, 0.3) is 0 Å².